The number of amides is 1. The Kier molecular flexibility index (Phi) is 1.85. The maximum Gasteiger partial charge on any atom is 0.307 e. The number of rotatable bonds is 1. The largest absolute Gasteiger partial charge is 0.481 e. The summed E-state index contributed by atoms with van der Waals surface area (Å²) in [6.07, 6.45) is 0.195. The van der Waals surface area contributed by atoms with Gasteiger partial charge in [-0.2, -0.15) is 0 Å². The molecule has 1 aliphatic carbocycles. The van der Waals surface area contributed by atoms with E-state index in [9.17, 15) is 14.0 Å². The van der Waals surface area contributed by atoms with Crippen LogP contribution in [0.2, 0.25) is 5.02 Å². The molecule has 3 rings (SSSR count). The number of nitrogens with one attached hydrogen (secondary N) is 1. The van der Waals surface area contributed by atoms with Crippen LogP contribution < -0.4 is 5.32 Å². The fourth-order valence-corrected chi connectivity index (χ4v) is 2.71. The first-order chi connectivity index (χ1) is 7.96. The number of aliphatic carboxylic acids is 1. The molecule has 1 amide bonds. The lowest BCUT2D eigenvalue weighted by Crippen LogP contribution is -2.24. The molecule has 6 heteroatoms. The molecule has 2 N–H and O–H groups in total. The number of halogens is 2. The van der Waals surface area contributed by atoms with Gasteiger partial charge in [0.05, 0.1) is 17.0 Å². The van der Waals surface area contributed by atoms with E-state index in [1.807, 2.05) is 0 Å². The zero-order valence-electron chi connectivity index (χ0n) is 8.46. The standard InChI is InChI=1S/C11H7ClFNO3/c12-4-1-5-8(7(13)2-4)14-10(17)11(5)3-6(11)9(15)16/h1-2,6H,3H2,(H,14,17)(H,15,16). The molecule has 2 unspecified atom stereocenters. The Morgan fingerprint density at radius 1 is 1.59 bits per heavy atom. The third kappa shape index (κ3) is 1.17. The van der Waals surface area contributed by atoms with Crippen molar-refractivity contribution in [3.8, 4) is 0 Å². The second-order valence-electron chi connectivity index (χ2n) is 4.33. The Balaban J connectivity index is 2.19. The van der Waals surface area contributed by atoms with Gasteiger partial charge in [0.2, 0.25) is 5.91 Å². The van der Waals surface area contributed by atoms with Crippen LogP contribution >= 0.6 is 11.6 Å². The van der Waals surface area contributed by atoms with Gasteiger partial charge in [-0.25, -0.2) is 4.39 Å². The highest BCUT2D eigenvalue weighted by atomic mass is 35.5. The first-order valence-electron chi connectivity index (χ1n) is 5.00. The molecule has 0 aromatic heterocycles. The fourth-order valence-electron chi connectivity index (χ4n) is 2.51. The summed E-state index contributed by atoms with van der Waals surface area (Å²) in [5.74, 6) is -2.93. The van der Waals surface area contributed by atoms with Gasteiger partial charge in [-0.15, -0.1) is 0 Å². The quantitative estimate of drug-likeness (QED) is 0.804. The average molecular weight is 256 g/mol. The minimum absolute atomic E-state index is 0.0585. The summed E-state index contributed by atoms with van der Waals surface area (Å²) < 4.78 is 13.6. The van der Waals surface area contributed by atoms with E-state index in [0.717, 1.165) is 6.07 Å². The summed E-state index contributed by atoms with van der Waals surface area (Å²) in [4.78, 5) is 22.8. The molecular formula is C11H7ClFNO3. The lowest BCUT2D eigenvalue weighted by atomic mass is 9.94. The molecule has 1 aromatic carbocycles. The summed E-state index contributed by atoms with van der Waals surface area (Å²) in [7, 11) is 0. The molecule has 17 heavy (non-hydrogen) atoms. The Labute approximate surface area is 100 Å². The highest BCUT2D eigenvalue weighted by Gasteiger charge is 2.68. The zero-order valence-corrected chi connectivity index (χ0v) is 9.21. The summed E-state index contributed by atoms with van der Waals surface area (Å²) in [5.41, 5.74) is -0.699. The van der Waals surface area contributed by atoms with Gasteiger partial charge in [0, 0.05) is 5.02 Å². The molecule has 2 aliphatic rings. The molecule has 1 aromatic rings. The van der Waals surface area contributed by atoms with Crippen LogP contribution in [-0.4, -0.2) is 17.0 Å². The number of hydrogen-bond donors (Lipinski definition) is 2. The van der Waals surface area contributed by atoms with Gasteiger partial charge in [0.1, 0.15) is 5.82 Å². The number of benzene rings is 1. The zero-order chi connectivity index (χ0) is 12.4. The van der Waals surface area contributed by atoms with Crippen molar-refractivity contribution in [1.29, 1.82) is 0 Å². The molecule has 4 nitrogen and oxygen atoms in total. The molecule has 0 bridgehead atoms. The van der Waals surface area contributed by atoms with E-state index < -0.39 is 29.0 Å². The normalized spacial score (nSPS) is 29.1. The van der Waals surface area contributed by atoms with E-state index in [4.69, 9.17) is 16.7 Å². The van der Waals surface area contributed by atoms with Gasteiger partial charge in [0.15, 0.2) is 0 Å². The van der Waals surface area contributed by atoms with E-state index >= 15 is 0 Å². The highest BCUT2D eigenvalue weighted by Crippen LogP contribution is 2.60. The van der Waals surface area contributed by atoms with E-state index in [1.54, 1.807) is 0 Å². The van der Waals surface area contributed by atoms with Gasteiger partial charge in [0.25, 0.3) is 0 Å². The predicted molar refractivity (Wildman–Crippen MR) is 57.5 cm³/mol. The van der Waals surface area contributed by atoms with Gasteiger partial charge >= 0.3 is 5.97 Å². The van der Waals surface area contributed by atoms with Gasteiger partial charge in [-0.3, -0.25) is 9.59 Å². The van der Waals surface area contributed by atoms with Crippen LogP contribution in [0.4, 0.5) is 10.1 Å². The molecule has 1 spiro atoms. The first kappa shape index (κ1) is 10.5. The first-order valence-corrected chi connectivity index (χ1v) is 5.38. The van der Waals surface area contributed by atoms with Gasteiger partial charge in [-0.1, -0.05) is 11.6 Å². The van der Waals surface area contributed by atoms with Crippen molar-refractivity contribution in [2.45, 2.75) is 11.8 Å². The van der Waals surface area contributed by atoms with Crippen molar-refractivity contribution in [2.24, 2.45) is 5.92 Å². The molecule has 88 valence electrons. The molecule has 0 saturated heterocycles. The summed E-state index contributed by atoms with van der Waals surface area (Å²) in [6, 6.07) is 2.55. The summed E-state index contributed by atoms with van der Waals surface area (Å²) >= 11 is 5.73. The van der Waals surface area contributed by atoms with Crippen LogP contribution in [-0.2, 0) is 15.0 Å². The van der Waals surface area contributed by atoms with Crippen molar-refractivity contribution < 1.29 is 19.1 Å². The molecule has 1 fully saturated rings. The second kappa shape index (κ2) is 2.98. The van der Waals surface area contributed by atoms with E-state index in [0.29, 0.717) is 5.56 Å². The molecule has 1 saturated carbocycles. The van der Waals surface area contributed by atoms with Crippen LogP contribution in [0.25, 0.3) is 0 Å². The lowest BCUT2D eigenvalue weighted by molar-refractivity contribution is -0.140. The Bertz CT molecular complexity index is 574. The van der Waals surface area contributed by atoms with Crippen molar-refractivity contribution in [3.05, 3.63) is 28.5 Å². The van der Waals surface area contributed by atoms with Crippen LogP contribution in [0.5, 0.6) is 0 Å². The average Bonchev–Trinajstić information content (AvgIpc) is 2.91. The van der Waals surface area contributed by atoms with Gasteiger partial charge < -0.3 is 10.4 Å². The number of fused-ring (bicyclic) bond motifs is 2. The van der Waals surface area contributed by atoms with Crippen molar-refractivity contribution in [1.82, 2.24) is 0 Å². The number of carbonyl (C=O) groups is 2. The van der Waals surface area contributed by atoms with Crippen molar-refractivity contribution in [2.75, 3.05) is 5.32 Å². The molecule has 0 radical (unpaired) electrons. The Morgan fingerprint density at radius 3 is 2.88 bits per heavy atom. The van der Waals surface area contributed by atoms with Crippen LogP contribution in [0.15, 0.2) is 12.1 Å². The minimum Gasteiger partial charge on any atom is -0.481 e. The number of hydrogen-bond acceptors (Lipinski definition) is 2. The van der Waals surface area contributed by atoms with Crippen LogP contribution in [0.3, 0.4) is 0 Å². The smallest absolute Gasteiger partial charge is 0.307 e. The minimum atomic E-state index is -1.12. The maximum atomic E-state index is 13.6. The predicted octanol–water partition coefficient (Wildman–Crippen LogP) is 1.77. The van der Waals surface area contributed by atoms with Crippen LogP contribution in [0, 0.1) is 11.7 Å². The molecule has 1 heterocycles. The molecule has 2 atom stereocenters. The number of anilines is 1. The van der Waals surface area contributed by atoms with Crippen LogP contribution in [0.1, 0.15) is 12.0 Å². The van der Waals surface area contributed by atoms with E-state index in [2.05, 4.69) is 5.32 Å². The molecular weight excluding hydrogens is 249 g/mol. The lowest BCUT2D eigenvalue weighted by Gasteiger charge is -2.06. The topological polar surface area (TPSA) is 66.4 Å². The van der Waals surface area contributed by atoms with Gasteiger partial charge in [-0.05, 0) is 24.1 Å². The second-order valence-corrected chi connectivity index (χ2v) is 4.77. The third-order valence-corrected chi connectivity index (χ3v) is 3.66. The van der Waals surface area contributed by atoms with Crippen molar-refractivity contribution in [3.63, 3.8) is 0 Å². The number of carboxylic acids is 1. The summed E-state index contributed by atoms with van der Waals surface area (Å²) in [6.45, 7) is 0. The SMILES string of the molecule is O=C(O)C1CC12C(=O)Nc1c(F)cc(Cl)cc12. The Morgan fingerprint density at radius 2 is 2.29 bits per heavy atom. The summed E-state index contributed by atoms with van der Waals surface area (Å²) in [5, 5.41) is 11.5. The highest BCUT2D eigenvalue weighted by molar-refractivity contribution is 6.31. The number of carboxylic acid groups (broad SMARTS) is 1. The van der Waals surface area contributed by atoms with E-state index in [1.165, 1.54) is 6.07 Å². The molecule has 1 aliphatic heterocycles. The fraction of sp³-hybridized carbons (Fsp3) is 0.273. The third-order valence-electron chi connectivity index (χ3n) is 3.44. The van der Waals surface area contributed by atoms with Crippen molar-refractivity contribution >= 4 is 29.2 Å². The Hall–Kier alpha value is -1.62. The number of carbonyl (C=O) groups excluding carboxylic acids is 1. The monoisotopic (exact) mass is 255 g/mol. The maximum absolute atomic E-state index is 13.6. The van der Waals surface area contributed by atoms with E-state index in [-0.39, 0.29) is 17.1 Å².